The molecule has 2 aromatic rings. The van der Waals surface area contributed by atoms with Crippen molar-refractivity contribution in [1.82, 2.24) is 4.90 Å². The van der Waals surface area contributed by atoms with Crippen LogP contribution in [0.2, 0.25) is 0 Å². The van der Waals surface area contributed by atoms with Crippen molar-refractivity contribution in [3.8, 4) is 5.75 Å². The number of methoxy groups -OCH3 is 1. The number of likely N-dealkylation sites (N-methyl/N-ethyl adjacent to an activating group) is 1. The van der Waals surface area contributed by atoms with Gasteiger partial charge in [0.2, 0.25) is 0 Å². The largest absolute Gasteiger partial charge is 0.497 e. The van der Waals surface area contributed by atoms with Gasteiger partial charge < -0.3 is 4.74 Å². The van der Waals surface area contributed by atoms with Gasteiger partial charge in [0.25, 0.3) is 15.9 Å². The molecule has 0 spiro atoms. The van der Waals surface area contributed by atoms with Gasteiger partial charge >= 0.3 is 0 Å². The number of benzene rings is 2. The van der Waals surface area contributed by atoms with Crippen LogP contribution in [0.15, 0.2) is 67.2 Å². The van der Waals surface area contributed by atoms with Crippen molar-refractivity contribution in [2.24, 2.45) is 4.40 Å². The van der Waals surface area contributed by atoms with Crippen molar-refractivity contribution in [3.63, 3.8) is 0 Å². The molecular weight excluding hydrogens is 464 g/mol. The molecule has 1 amide bonds. The molecule has 146 valence electrons. The quantitative estimate of drug-likeness (QED) is 0.601. The second-order valence-electron chi connectivity index (χ2n) is 5.74. The molecule has 3 rings (SSSR count). The first-order chi connectivity index (χ1) is 13.3. The van der Waals surface area contributed by atoms with E-state index in [1.54, 1.807) is 38.3 Å². The summed E-state index contributed by atoms with van der Waals surface area (Å²) in [6, 6.07) is 13.5. The van der Waals surface area contributed by atoms with Gasteiger partial charge in [0.15, 0.2) is 5.17 Å². The van der Waals surface area contributed by atoms with E-state index < -0.39 is 10.0 Å². The zero-order valence-corrected chi connectivity index (χ0v) is 18.3. The van der Waals surface area contributed by atoms with Crippen LogP contribution < -0.4 is 4.74 Å². The van der Waals surface area contributed by atoms with Crippen LogP contribution >= 0.6 is 27.7 Å². The van der Waals surface area contributed by atoms with Crippen LogP contribution in [0.5, 0.6) is 5.75 Å². The van der Waals surface area contributed by atoms with Crippen molar-refractivity contribution >= 4 is 54.9 Å². The Morgan fingerprint density at radius 3 is 2.57 bits per heavy atom. The molecular formula is C19H17BrN2O4S2. The Hall–Kier alpha value is -2.10. The lowest BCUT2D eigenvalue weighted by Crippen LogP contribution is -2.29. The van der Waals surface area contributed by atoms with Gasteiger partial charge in [0.05, 0.1) is 16.9 Å². The Morgan fingerprint density at radius 2 is 1.93 bits per heavy atom. The van der Waals surface area contributed by atoms with E-state index >= 15 is 0 Å². The van der Waals surface area contributed by atoms with Crippen LogP contribution in [0.4, 0.5) is 0 Å². The van der Waals surface area contributed by atoms with Crippen LogP contribution in [0.25, 0.3) is 6.08 Å². The fourth-order valence-corrected chi connectivity index (χ4v) is 5.01. The molecule has 1 aliphatic rings. The maximum Gasteiger partial charge on any atom is 0.284 e. The molecule has 9 heteroatoms. The van der Waals surface area contributed by atoms with Crippen molar-refractivity contribution in [2.75, 3.05) is 13.7 Å². The van der Waals surface area contributed by atoms with Gasteiger partial charge in [-0.15, -0.1) is 4.40 Å². The Morgan fingerprint density at radius 1 is 1.21 bits per heavy atom. The molecule has 6 nitrogen and oxygen atoms in total. The molecule has 0 aliphatic carbocycles. The van der Waals surface area contributed by atoms with E-state index in [1.807, 2.05) is 18.2 Å². The highest BCUT2D eigenvalue weighted by Gasteiger charge is 2.34. The number of rotatable bonds is 5. The number of amidine groups is 1. The number of amides is 1. The lowest BCUT2D eigenvalue weighted by molar-refractivity contribution is -0.122. The topological polar surface area (TPSA) is 76.0 Å². The van der Waals surface area contributed by atoms with Gasteiger partial charge in [0.1, 0.15) is 5.75 Å². The highest BCUT2D eigenvalue weighted by molar-refractivity contribution is 9.10. The normalized spacial score (nSPS) is 17.5. The zero-order chi connectivity index (χ0) is 20.3. The summed E-state index contributed by atoms with van der Waals surface area (Å²) < 4.78 is 35.1. The van der Waals surface area contributed by atoms with E-state index in [0.717, 1.165) is 21.8 Å². The summed E-state index contributed by atoms with van der Waals surface area (Å²) in [7, 11) is -2.36. The molecule has 0 atom stereocenters. The monoisotopic (exact) mass is 480 g/mol. The van der Waals surface area contributed by atoms with Gasteiger partial charge in [-0.3, -0.25) is 9.69 Å². The molecule has 0 radical (unpaired) electrons. The van der Waals surface area contributed by atoms with Crippen LogP contribution in [0, 0.1) is 0 Å². The van der Waals surface area contributed by atoms with Crippen LogP contribution in [-0.4, -0.2) is 38.0 Å². The van der Waals surface area contributed by atoms with Crippen molar-refractivity contribution < 1.29 is 17.9 Å². The van der Waals surface area contributed by atoms with Crippen molar-refractivity contribution in [2.45, 2.75) is 11.8 Å². The van der Waals surface area contributed by atoms with E-state index in [4.69, 9.17) is 4.74 Å². The lowest BCUT2D eigenvalue weighted by Gasteiger charge is -2.11. The average Bonchev–Trinajstić information content (AvgIpc) is 2.95. The Bertz CT molecular complexity index is 1060. The summed E-state index contributed by atoms with van der Waals surface area (Å²) in [5, 5.41) is 0.143. The number of sulfonamides is 1. The maximum absolute atomic E-state index is 12.7. The average molecular weight is 481 g/mol. The Labute approximate surface area is 176 Å². The second-order valence-corrected chi connectivity index (χ2v) is 9.27. The molecule has 0 unspecified atom stereocenters. The van der Waals surface area contributed by atoms with Crippen molar-refractivity contribution in [1.29, 1.82) is 0 Å². The molecule has 0 aromatic heterocycles. The maximum atomic E-state index is 12.7. The number of carbonyl (C=O) groups is 1. The molecule has 1 saturated heterocycles. The van der Waals surface area contributed by atoms with Crippen LogP contribution in [-0.2, 0) is 14.8 Å². The molecule has 2 aromatic carbocycles. The summed E-state index contributed by atoms with van der Waals surface area (Å²) in [6.45, 7) is 2.09. The van der Waals surface area contributed by atoms with E-state index in [2.05, 4.69) is 20.3 Å². The fourth-order valence-electron chi connectivity index (χ4n) is 2.50. The van der Waals surface area contributed by atoms with E-state index in [-0.39, 0.29) is 16.0 Å². The summed E-state index contributed by atoms with van der Waals surface area (Å²) >= 11 is 4.32. The van der Waals surface area contributed by atoms with Gasteiger partial charge in [-0.2, -0.15) is 8.42 Å². The summed E-state index contributed by atoms with van der Waals surface area (Å²) in [6.07, 6.45) is 1.70. The van der Waals surface area contributed by atoms with Gasteiger partial charge in [0, 0.05) is 11.0 Å². The fraction of sp³-hybridized carbons (Fsp3) is 0.158. The second kappa shape index (κ2) is 8.50. The van der Waals surface area contributed by atoms with Crippen LogP contribution in [0.3, 0.4) is 0 Å². The predicted molar refractivity (Wildman–Crippen MR) is 115 cm³/mol. The molecule has 0 saturated carbocycles. The molecule has 1 heterocycles. The number of thioether (sulfide) groups is 1. The highest BCUT2D eigenvalue weighted by atomic mass is 79.9. The third kappa shape index (κ3) is 4.48. The molecule has 1 fully saturated rings. The predicted octanol–water partition coefficient (Wildman–Crippen LogP) is 4.14. The molecule has 28 heavy (non-hydrogen) atoms. The first kappa shape index (κ1) is 20.6. The van der Waals surface area contributed by atoms with Gasteiger partial charge in [-0.05, 0) is 66.7 Å². The standard InChI is InChI=1S/C19H17BrN2O4S2/c1-3-22-18(23)17(12-13-5-4-6-15(11-13)26-2)27-19(22)21-28(24,25)16-9-7-14(20)8-10-16/h4-12H,3H2,1-2H3/b17-12-,21-19+. The van der Waals surface area contributed by atoms with E-state index in [0.29, 0.717) is 17.2 Å². The SMILES string of the molecule is CCN1C(=O)/C(=C/c2cccc(OC)c2)S/C1=N/S(=O)(=O)c1ccc(Br)cc1. The zero-order valence-electron chi connectivity index (χ0n) is 15.1. The Balaban J connectivity index is 1.96. The van der Waals surface area contributed by atoms with Crippen molar-refractivity contribution in [3.05, 3.63) is 63.5 Å². The van der Waals surface area contributed by atoms with E-state index in [9.17, 15) is 13.2 Å². The summed E-state index contributed by atoms with van der Waals surface area (Å²) in [4.78, 5) is 14.5. The minimum absolute atomic E-state index is 0.0672. The Kier molecular flexibility index (Phi) is 6.26. The summed E-state index contributed by atoms with van der Waals surface area (Å²) in [5.74, 6) is 0.393. The first-order valence-corrected chi connectivity index (χ1v) is 11.3. The summed E-state index contributed by atoms with van der Waals surface area (Å²) in [5.41, 5.74) is 0.781. The molecule has 1 aliphatic heterocycles. The third-order valence-electron chi connectivity index (χ3n) is 3.91. The number of hydrogen-bond donors (Lipinski definition) is 0. The minimum Gasteiger partial charge on any atom is -0.497 e. The minimum atomic E-state index is -3.93. The number of carbonyl (C=O) groups excluding carboxylic acids is 1. The van der Waals surface area contributed by atoms with Gasteiger partial charge in [-0.25, -0.2) is 0 Å². The number of halogens is 1. The lowest BCUT2D eigenvalue weighted by atomic mass is 10.2. The number of nitrogens with zero attached hydrogens (tertiary/aromatic N) is 2. The molecule has 0 bridgehead atoms. The van der Waals surface area contributed by atoms with Crippen LogP contribution in [0.1, 0.15) is 12.5 Å². The third-order valence-corrected chi connectivity index (χ3v) is 6.84. The number of ether oxygens (including phenoxy) is 1. The highest BCUT2D eigenvalue weighted by Crippen LogP contribution is 2.34. The first-order valence-electron chi connectivity index (χ1n) is 8.30. The van der Waals surface area contributed by atoms with E-state index in [1.165, 1.54) is 17.0 Å². The smallest absolute Gasteiger partial charge is 0.284 e. The number of hydrogen-bond acceptors (Lipinski definition) is 5. The van der Waals surface area contributed by atoms with Gasteiger partial charge in [-0.1, -0.05) is 28.1 Å². The molecule has 0 N–H and O–H groups in total.